The van der Waals surface area contributed by atoms with Crippen molar-refractivity contribution in [3.8, 4) is 0 Å². The van der Waals surface area contributed by atoms with Crippen molar-refractivity contribution in [2.75, 3.05) is 55.7 Å². The zero-order chi connectivity index (χ0) is 19.8. The van der Waals surface area contributed by atoms with Gasteiger partial charge in [-0.15, -0.1) is 0 Å². The number of hydrogen-bond donors (Lipinski definition) is 2. The van der Waals surface area contributed by atoms with E-state index in [-0.39, 0.29) is 37.5 Å². The Morgan fingerprint density at radius 2 is 2.14 bits per heavy atom. The predicted octanol–water partition coefficient (Wildman–Crippen LogP) is 0.400. The van der Waals surface area contributed by atoms with Gasteiger partial charge in [-0.2, -0.15) is 0 Å². The van der Waals surface area contributed by atoms with Crippen molar-refractivity contribution < 1.29 is 23.8 Å². The summed E-state index contributed by atoms with van der Waals surface area (Å²) < 4.78 is 20.1. The summed E-state index contributed by atoms with van der Waals surface area (Å²) in [5.41, 5.74) is 0.986. The van der Waals surface area contributed by atoms with Gasteiger partial charge in [0.2, 0.25) is 5.91 Å². The lowest BCUT2D eigenvalue weighted by atomic mass is 9.91. The third-order valence-corrected chi connectivity index (χ3v) is 5.74. The monoisotopic (exact) mass is 392 g/mol. The highest BCUT2D eigenvalue weighted by atomic mass is 19.1. The Labute approximate surface area is 162 Å². The Balaban J connectivity index is 1.41. The average molecular weight is 392 g/mol. The molecule has 0 spiro atoms. The molecule has 3 aliphatic heterocycles. The molecule has 2 amide bonds. The Bertz CT molecular complexity index is 776. The predicted molar refractivity (Wildman–Crippen MR) is 101 cm³/mol. The fourth-order valence-electron chi connectivity index (χ4n) is 4.32. The van der Waals surface area contributed by atoms with Gasteiger partial charge in [-0.05, 0) is 18.2 Å². The summed E-state index contributed by atoms with van der Waals surface area (Å²) in [5.74, 6) is -0.0504. The summed E-state index contributed by atoms with van der Waals surface area (Å²) in [6, 6.07) is 5.08. The lowest BCUT2D eigenvalue weighted by molar-refractivity contribution is -0.119. The maximum atomic E-state index is 14.8. The molecule has 3 fully saturated rings. The van der Waals surface area contributed by atoms with Crippen LogP contribution >= 0.6 is 0 Å². The van der Waals surface area contributed by atoms with Gasteiger partial charge in [0, 0.05) is 45.1 Å². The van der Waals surface area contributed by atoms with E-state index in [4.69, 9.17) is 9.84 Å². The van der Waals surface area contributed by atoms with Crippen LogP contribution in [-0.4, -0.2) is 80.0 Å². The third-order valence-electron chi connectivity index (χ3n) is 5.74. The number of aliphatic hydroxyl groups excluding tert-OH is 1. The Kier molecular flexibility index (Phi) is 5.11. The van der Waals surface area contributed by atoms with Crippen LogP contribution in [0.4, 0.5) is 20.6 Å². The fraction of sp³-hybridized carbons (Fsp3) is 0.579. The summed E-state index contributed by atoms with van der Waals surface area (Å²) in [6.45, 7) is 5.26. The van der Waals surface area contributed by atoms with Crippen LogP contribution in [-0.2, 0) is 9.53 Å². The number of β-amino-alcohol motifs (C(OH)–C–C–N with tert-alkyl or cyclic N) is 1. The number of amides is 2. The van der Waals surface area contributed by atoms with Gasteiger partial charge < -0.3 is 20.1 Å². The molecule has 1 aromatic rings. The van der Waals surface area contributed by atoms with Crippen LogP contribution < -0.4 is 15.1 Å². The molecule has 0 bridgehead atoms. The van der Waals surface area contributed by atoms with Gasteiger partial charge in [0.25, 0.3) is 0 Å². The van der Waals surface area contributed by atoms with E-state index >= 15 is 0 Å². The van der Waals surface area contributed by atoms with E-state index in [1.54, 1.807) is 12.1 Å². The highest BCUT2D eigenvalue weighted by molar-refractivity contribution is 5.90. The summed E-state index contributed by atoms with van der Waals surface area (Å²) in [5, 5.41) is 11.7. The van der Waals surface area contributed by atoms with Crippen LogP contribution in [0.3, 0.4) is 0 Å². The number of benzene rings is 1. The Morgan fingerprint density at radius 3 is 2.86 bits per heavy atom. The number of fused-ring (bicyclic) bond motifs is 1. The van der Waals surface area contributed by atoms with Crippen molar-refractivity contribution in [1.82, 2.24) is 10.2 Å². The second-order valence-corrected chi connectivity index (χ2v) is 7.65. The first kappa shape index (κ1) is 18.9. The molecule has 152 valence electrons. The number of halogens is 1. The largest absolute Gasteiger partial charge is 0.442 e. The summed E-state index contributed by atoms with van der Waals surface area (Å²) in [7, 11) is 0. The number of cyclic esters (lactones) is 1. The van der Waals surface area contributed by atoms with Crippen LogP contribution in [0.15, 0.2) is 18.2 Å². The molecule has 0 aliphatic carbocycles. The molecule has 3 unspecified atom stereocenters. The van der Waals surface area contributed by atoms with E-state index < -0.39 is 12.2 Å². The highest BCUT2D eigenvalue weighted by Crippen LogP contribution is 2.38. The number of rotatable bonds is 6. The van der Waals surface area contributed by atoms with E-state index in [9.17, 15) is 14.0 Å². The number of aliphatic hydroxyl groups is 1. The first-order chi connectivity index (χ1) is 13.5. The van der Waals surface area contributed by atoms with E-state index in [0.717, 1.165) is 19.6 Å². The van der Waals surface area contributed by atoms with Gasteiger partial charge in [-0.1, -0.05) is 0 Å². The molecule has 0 aromatic heterocycles. The number of anilines is 2. The topological polar surface area (TPSA) is 85.4 Å². The summed E-state index contributed by atoms with van der Waals surface area (Å²) in [6.07, 6.45) is -0.992. The minimum atomic E-state index is -0.540. The molecule has 0 radical (unpaired) electrons. The van der Waals surface area contributed by atoms with Gasteiger partial charge in [-0.3, -0.25) is 14.6 Å². The number of nitrogens with one attached hydrogen (secondary N) is 1. The zero-order valence-electron chi connectivity index (χ0n) is 15.8. The normalized spacial score (nSPS) is 26.8. The Morgan fingerprint density at radius 1 is 1.32 bits per heavy atom. The number of carbonyl (C=O) groups is 2. The number of nitrogens with zero attached hydrogens (tertiary/aromatic N) is 3. The summed E-state index contributed by atoms with van der Waals surface area (Å²) in [4.78, 5) is 28.8. The van der Waals surface area contributed by atoms with Crippen molar-refractivity contribution in [1.29, 1.82) is 0 Å². The number of likely N-dealkylation sites (tertiary alicyclic amines) is 1. The molecular formula is C19H25FN4O4. The van der Waals surface area contributed by atoms with Crippen LogP contribution in [0.5, 0.6) is 0 Å². The summed E-state index contributed by atoms with van der Waals surface area (Å²) >= 11 is 0. The highest BCUT2D eigenvalue weighted by Gasteiger charge is 2.46. The van der Waals surface area contributed by atoms with Gasteiger partial charge in [0.1, 0.15) is 11.9 Å². The van der Waals surface area contributed by atoms with Crippen molar-refractivity contribution >= 4 is 23.4 Å². The molecular weight excluding hydrogens is 367 g/mol. The fourth-order valence-corrected chi connectivity index (χ4v) is 4.32. The van der Waals surface area contributed by atoms with Gasteiger partial charge in [-0.25, -0.2) is 9.18 Å². The molecule has 3 saturated heterocycles. The third kappa shape index (κ3) is 3.51. The molecule has 28 heavy (non-hydrogen) atoms. The zero-order valence-corrected chi connectivity index (χ0v) is 15.8. The van der Waals surface area contributed by atoms with Crippen molar-refractivity contribution in [2.24, 2.45) is 5.92 Å². The van der Waals surface area contributed by atoms with Crippen molar-refractivity contribution in [3.05, 3.63) is 24.0 Å². The molecule has 8 nitrogen and oxygen atoms in total. The second-order valence-electron chi connectivity index (χ2n) is 7.65. The average Bonchev–Trinajstić information content (AvgIpc) is 3.16. The maximum absolute atomic E-state index is 14.8. The SMILES string of the molecule is CC(=O)NCC1CN(c2ccc(N3CC4CN(CCO)CC43)c(F)c2)C(=O)O1. The molecule has 9 heteroatoms. The van der Waals surface area contributed by atoms with Crippen LogP contribution in [0, 0.1) is 11.7 Å². The van der Waals surface area contributed by atoms with Gasteiger partial charge in [0.15, 0.2) is 0 Å². The molecule has 1 aromatic carbocycles. The Hall–Kier alpha value is -2.39. The van der Waals surface area contributed by atoms with Crippen LogP contribution in [0.2, 0.25) is 0 Å². The lowest BCUT2D eigenvalue weighted by Gasteiger charge is -2.45. The molecule has 4 rings (SSSR count). The number of ether oxygens (including phenoxy) is 1. The maximum Gasteiger partial charge on any atom is 0.414 e. The van der Waals surface area contributed by atoms with Crippen molar-refractivity contribution in [3.63, 3.8) is 0 Å². The molecule has 2 N–H and O–H groups in total. The van der Waals surface area contributed by atoms with Crippen LogP contribution in [0.25, 0.3) is 0 Å². The molecule has 0 saturated carbocycles. The van der Waals surface area contributed by atoms with Gasteiger partial charge in [0.05, 0.1) is 31.1 Å². The minimum absolute atomic E-state index is 0.136. The quantitative estimate of drug-likeness (QED) is 0.729. The van der Waals surface area contributed by atoms with E-state index in [2.05, 4.69) is 15.1 Å². The second kappa shape index (κ2) is 7.56. The molecule has 3 heterocycles. The minimum Gasteiger partial charge on any atom is -0.442 e. The van der Waals surface area contributed by atoms with E-state index in [1.807, 2.05) is 0 Å². The van der Waals surface area contributed by atoms with Crippen molar-refractivity contribution in [2.45, 2.75) is 19.1 Å². The smallest absolute Gasteiger partial charge is 0.414 e. The number of hydrogen-bond acceptors (Lipinski definition) is 6. The van der Waals surface area contributed by atoms with Gasteiger partial charge >= 0.3 is 6.09 Å². The first-order valence-electron chi connectivity index (χ1n) is 9.58. The molecule has 3 atom stereocenters. The lowest BCUT2D eigenvalue weighted by Crippen LogP contribution is -2.56. The first-order valence-corrected chi connectivity index (χ1v) is 9.58. The standard InChI is InChI=1S/C19H25FN4O4/c1-12(26)21-7-15-10-23(19(27)28-15)14-2-3-17(16(20)6-14)24-9-13-8-22(4-5-25)11-18(13)24/h2-3,6,13,15,18,25H,4-5,7-11H2,1H3,(H,21,26). The number of carbonyl (C=O) groups excluding carboxylic acids is 2. The van der Waals surface area contributed by atoms with Crippen LogP contribution in [0.1, 0.15) is 6.92 Å². The van der Waals surface area contributed by atoms with E-state index in [1.165, 1.54) is 17.9 Å². The molecule has 3 aliphatic rings. The van der Waals surface area contributed by atoms with E-state index in [0.29, 0.717) is 23.8 Å².